The fraction of sp³-hybridized carbons (Fsp3) is 0.214. The van der Waals surface area contributed by atoms with Gasteiger partial charge in [-0.25, -0.2) is 4.98 Å². The summed E-state index contributed by atoms with van der Waals surface area (Å²) in [4.78, 5) is 4.40. The van der Waals surface area contributed by atoms with E-state index in [4.69, 9.17) is 16.3 Å². The van der Waals surface area contributed by atoms with Crippen LogP contribution in [0.5, 0.6) is 11.6 Å². The van der Waals surface area contributed by atoms with E-state index in [2.05, 4.69) is 26.2 Å². The Bertz CT molecular complexity index is 590. The maximum absolute atomic E-state index is 6.07. The summed E-state index contributed by atoms with van der Waals surface area (Å²) in [5.74, 6) is 1.32. The largest absolute Gasteiger partial charge is 0.439 e. The minimum absolute atomic E-state index is 0.538. The van der Waals surface area contributed by atoms with Gasteiger partial charge in [-0.05, 0) is 37.7 Å². The predicted molar refractivity (Wildman–Crippen MR) is 81.0 cm³/mol. The van der Waals surface area contributed by atoms with E-state index >= 15 is 0 Å². The Morgan fingerprint density at radius 1 is 1.32 bits per heavy atom. The number of halogens is 2. The quantitative estimate of drug-likeness (QED) is 0.899. The molecule has 100 valence electrons. The maximum Gasteiger partial charge on any atom is 0.219 e. The highest BCUT2D eigenvalue weighted by Gasteiger charge is 2.07. The Labute approximate surface area is 126 Å². The van der Waals surface area contributed by atoms with Crippen LogP contribution in [0.25, 0.3) is 0 Å². The Hall–Kier alpha value is -1.10. The van der Waals surface area contributed by atoms with Crippen LogP contribution in [0.15, 0.2) is 34.8 Å². The Kier molecular flexibility index (Phi) is 4.80. The molecule has 2 rings (SSSR count). The van der Waals surface area contributed by atoms with Crippen LogP contribution in [-0.2, 0) is 6.54 Å². The third-order valence-corrected chi connectivity index (χ3v) is 3.44. The van der Waals surface area contributed by atoms with E-state index in [1.165, 1.54) is 0 Å². The molecule has 5 heteroatoms. The number of rotatable bonds is 4. The first kappa shape index (κ1) is 14.3. The van der Waals surface area contributed by atoms with Crippen molar-refractivity contribution < 1.29 is 4.74 Å². The van der Waals surface area contributed by atoms with Crippen LogP contribution in [-0.4, -0.2) is 12.0 Å². The van der Waals surface area contributed by atoms with E-state index in [1.54, 1.807) is 12.1 Å². The summed E-state index contributed by atoms with van der Waals surface area (Å²) in [5, 5.41) is 3.66. The Morgan fingerprint density at radius 3 is 2.84 bits per heavy atom. The molecule has 0 amide bonds. The summed E-state index contributed by atoms with van der Waals surface area (Å²) in [6.45, 7) is 2.60. The number of ether oxygens (including phenoxy) is 1. The third kappa shape index (κ3) is 3.69. The molecule has 0 aliphatic heterocycles. The van der Waals surface area contributed by atoms with Gasteiger partial charge in [-0.1, -0.05) is 33.6 Å². The zero-order valence-corrected chi connectivity index (χ0v) is 13.0. The van der Waals surface area contributed by atoms with Crippen molar-refractivity contribution in [1.82, 2.24) is 10.3 Å². The van der Waals surface area contributed by atoms with E-state index in [0.29, 0.717) is 17.4 Å². The molecule has 3 nitrogen and oxygen atoms in total. The zero-order valence-electron chi connectivity index (χ0n) is 10.7. The monoisotopic (exact) mass is 340 g/mol. The fourth-order valence-electron chi connectivity index (χ4n) is 1.61. The molecular formula is C14H14BrClN2O. The molecule has 0 saturated carbocycles. The third-order valence-electron chi connectivity index (χ3n) is 2.60. The van der Waals surface area contributed by atoms with Crippen molar-refractivity contribution in [3.63, 3.8) is 0 Å². The number of nitrogens with one attached hydrogen (secondary N) is 1. The second-order valence-corrected chi connectivity index (χ2v) is 5.44. The Balaban J connectivity index is 2.28. The molecule has 0 radical (unpaired) electrons. The van der Waals surface area contributed by atoms with Gasteiger partial charge in [0, 0.05) is 17.1 Å². The van der Waals surface area contributed by atoms with E-state index in [0.717, 1.165) is 21.5 Å². The number of aryl methyl sites for hydroxylation is 1. The van der Waals surface area contributed by atoms with E-state index < -0.39 is 0 Å². The molecule has 0 unspecified atom stereocenters. The molecule has 0 aliphatic carbocycles. The van der Waals surface area contributed by atoms with Gasteiger partial charge in [0.2, 0.25) is 5.88 Å². The van der Waals surface area contributed by atoms with Crippen LogP contribution in [0.3, 0.4) is 0 Å². The molecule has 1 heterocycles. The predicted octanol–water partition coefficient (Wildman–Crippen LogP) is 4.32. The average Bonchev–Trinajstić information content (AvgIpc) is 2.38. The molecule has 0 saturated heterocycles. The Morgan fingerprint density at radius 2 is 2.11 bits per heavy atom. The summed E-state index contributed by atoms with van der Waals surface area (Å²) < 4.78 is 6.77. The zero-order chi connectivity index (χ0) is 13.8. The standard InChI is InChI=1S/C14H14BrClN2O/c1-9-3-4-10(15)7-13(9)19-14-6-5-11(16)12(18-14)8-17-2/h3-7,17H,8H2,1-2H3. The number of pyridine rings is 1. The van der Waals surface area contributed by atoms with Crippen LogP contribution in [0.1, 0.15) is 11.3 Å². The fourth-order valence-corrected chi connectivity index (χ4v) is 2.12. The average molecular weight is 342 g/mol. The van der Waals surface area contributed by atoms with Crippen LogP contribution in [0.4, 0.5) is 0 Å². The molecule has 1 aromatic heterocycles. The second kappa shape index (κ2) is 6.37. The molecule has 1 aromatic carbocycles. The molecular weight excluding hydrogens is 328 g/mol. The van der Waals surface area contributed by atoms with Gasteiger partial charge in [0.05, 0.1) is 10.7 Å². The summed E-state index contributed by atoms with van der Waals surface area (Å²) in [7, 11) is 1.85. The number of hydrogen-bond acceptors (Lipinski definition) is 3. The molecule has 0 fully saturated rings. The summed E-state index contributed by atoms with van der Waals surface area (Å²) in [6, 6.07) is 9.45. The van der Waals surface area contributed by atoms with Crippen molar-refractivity contribution in [3.8, 4) is 11.6 Å². The van der Waals surface area contributed by atoms with Crippen molar-refractivity contribution in [2.75, 3.05) is 7.05 Å². The summed E-state index contributed by atoms with van der Waals surface area (Å²) in [5.41, 5.74) is 1.82. The second-order valence-electron chi connectivity index (χ2n) is 4.12. The van der Waals surface area contributed by atoms with E-state index in [-0.39, 0.29) is 0 Å². The highest BCUT2D eigenvalue weighted by molar-refractivity contribution is 9.10. The van der Waals surface area contributed by atoms with Crippen LogP contribution in [0.2, 0.25) is 5.02 Å². The van der Waals surface area contributed by atoms with E-state index in [1.807, 2.05) is 32.2 Å². The highest BCUT2D eigenvalue weighted by atomic mass is 79.9. The number of hydrogen-bond donors (Lipinski definition) is 1. The highest BCUT2D eigenvalue weighted by Crippen LogP contribution is 2.28. The first-order valence-corrected chi connectivity index (χ1v) is 7.01. The van der Waals surface area contributed by atoms with Gasteiger partial charge in [-0.2, -0.15) is 0 Å². The van der Waals surface area contributed by atoms with E-state index in [9.17, 15) is 0 Å². The van der Waals surface area contributed by atoms with Gasteiger partial charge >= 0.3 is 0 Å². The first-order chi connectivity index (χ1) is 9.10. The lowest BCUT2D eigenvalue weighted by Crippen LogP contribution is -2.08. The van der Waals surface area contributed by atoms with Crippen molar-refractivity contribution in [2.24, 2.45) is 0 Å². The molecule has 0 aliphatic rings. The number of benzene rings is 1. The van der Waals surface area contributed by atoms with Gasteiger partial charge in [-0.15, -0.1) is 0 Å². The van der Waals surface area contributed by atoms with Crippen molar-refractivity contribution in [2.45, 2.75) is 13.5 Å². The molecule has 2 aromatic rings. The minimum atomic E-state index is 0.538. The van der Waals surface area contributed by atoms with Gasteiger partial charge in [0.25, 0.3) is 0 Å². The molecule has 19 heavy (non-hydrogen) atoms. The van der Waals surface area contributed by atoms with Crippen molar-refractivity contribution in [1.29, 1.82) is 0 Å². The number of aromatic nitrogens is 1. The first-order valence-electron chi connectivity index (χ1n) is 5.84. The lowest BCUT2D eigenvalue weighted by Gasteiger charge is -2.10. The number of nitrogens with zero attached hydrogens (tertiary/aromatic N) is 1. The molecule has 0 atom stereocenters. The van der Waals surface area contributed by atoms with Crippen LogP contribution in [0, 0.1) is 6.92 Å². The van der Waals surface area contributed by atoms with Gasteiger partial charge in [0.15, 0.2) is 0 Å². The lowest BCUT2D eigenvalue weighted by atomic mass is 10.2. The molecule has 0 spiro atoms. The van der Waals surface area contributed by atoms with Crippen LogP contribution < -0.4 is 10.1 Å². The maximum atomic E-state index is 6.07. The lowest BCUT2D eigenvalue weighted by molar-refractivity contribution is 0.456. The normalized spacial score (nSPS) is 10.5. The summed E-state index contributed by atoms with van der Waals surface area (Å²) in [6.07, 6.45) is 0. The molecule has 0 bridgehead atoms. The summed E-state index contributed by atoms with van der Waals surface area (Å²) >= 11 is 9.50. The molecule has 1 N–H and O–H groups in total. The van der Waals surface area contributed by atoms with Gasteiger partial charge in [-0.3, -0.25) is 0 Å². The van der Waals surface area contributed by atoms with Crippen molar-refractivity contribution in [3.05, 3.63) is 51.1 Å². The van der Waals surface area contributed by atoms with Gasteiger partial charge in [0.1, 0.15) is 5.75 Å². The van der Waals surface area contributed by atoms with Crippen molar-refractivity contribution >= 4 is 27.5 Å². The SMILES string of the molecule is CNCc1nc(Oc2cc(Br)ccc2C)ccc1Cl. The van der Waals surface area contributed by atoms with Crippen LogP contribution >= 0.6 is 27.5 Å². The topological polar surface area (TPSA) is 34.2 Å². The minimum Gasteiger partial charge on any atom is -0.439 e. The van der Waals surface area contributed by atoms with Gasteiger partial charge < -0.3 is 10.1 Å². The smallest absolute Gasteiger partial charge is 0.219 e.